The minimum absolute atomic E-state index is 0. The van der Waals surface area contributed by atoms with Gasteiger partial charge in [0.1, 0.15) is 5.75 Å². The van der Waals surface area contributed by atoms with Crippen molar-refractivity contribution < 1.29 is 4.74 Å². The lowest BCUT2D eigenvalue weighted by Gasteiger charge is -2.18. The Morgan fingerprint density at radius 3 is 2.67 bits per heavy atom. The van der Waals surface area contributed by atoms with Crippen LogP contribution in [0.15, 0.2) is 41.7 Å². The van der Waals surface area contributed by atoms with Crippen LogP contribution in [0.5, 0.6) is 5.75 Å². The molecule has 0 radical (unpaired) electrons. The summed E-state index contributed by atoms with van der Waals surface area (Å²) in [5.41, 5.74) is 0.186. The Bertz CT molecular complexity index is 830. The number of aromatic nitrogens is 6. The number of halogens is 1. The van der Waals surface area contributed by atoms with Crippen molar-refractivity contribution in [2.45, 2.75) is 20.8 Å². The lowest BCUT2D eigenvalue weighted by Crippen LogP contribution is -2.20. The number of aromatic amines is 1. The minimum Gasteiger partial charge on any atom is -0.491 e. The monoisotopic (exact) mass is 350 g/mol. The highest BCUT2D eigenvalue weighted by molar-refractivity contribution is 5.85. The van der Waals surface area contributed by atoms with Crippen LogP contribution in [0.1, 0.15) is 20.8 Å². The first-order valence-corrected chi connectivity index (χ1v) is 7.20. The highest BCUT2D eigenvalue weighted by atomic mass is 35.5. The number of nitrogens with zero attached hydrogens (tertiary/aromatic N) is 5. The predicted molar refractivity (Wildman–Crippen MR) is 91.3 cm³/mol. The minimum atomic E-state index is -0.258. The highest BCUT2D eigenvalue weighted by Crippen LogP contribution is 2.17. The molecule has 0 saturated heterocycles. The third kappa shape index (κ3) is 3.83. The molecule has 0 unspecified atom stereocenters. The Balaban J connectivity index is 0.00000208. The van der Waals surface area contributed by atoms with E-state index >= 15 is 0 Å². The van der Waals surface area contributed by atoms with Crippen molar-refractivity contribution in [3.05, 3.63) is 47.3 Å². The summed E-state index contributed by atoms with van der Waals surface area (Å²) in [6.07, 6.45) is 6.27. The van der Waals surface area contributed by atoms with Gasteiger partial charge in [-0.25, -0.2) is 9.67 Å². The van der Waals surface area contributed by atoms with E-state index in [-0.39, 0.29) is 23.4 Å². The van der Waals surface area contributed by atoms with Gasteiger partial charge in [-0.15, -0.1) is 17.5 Å². The first kappa shape index (κ1) is 17.7. The van der Waals surface area contributed by atoms with Crippen LogP contribution >= 0.6 is 12.4 Å². The van der Waals surface area contributed by atoms with Gasteiger partial charge in [0.05, 0.1) is 31.4 Å². The van der Waals surface area contributed by atoms with Crippen molar-refractivity contribution in [2.75, 3.05) is 6.61 Å². The van der Waals surface area contributed by atoms with Crippen molar-refractivity contribution in [3.8, 4) is 17.3 Å². The molecule has 0 amide bonds. The van der Waals surface area contributed by atoms with Gasteiger partial charge in [-0.05, 0) is 17.5 Å². The van der Waals surface area contributed by atoms with E-state index in [2.05, 4.69) is 41.2 Å². The van der Waals surface area contributed by atoms with Crippen LogP contribution in [0.2, 0.25) is 0 Å². The fourth-order valence-corrected chi connectivity index (χ4v) is 1.92. The lowest BCUT2D eigenvalue weighted by atomic mass is 9.99. The molecule has 9 heteroatoms. The third-order valence-corrected chi connectivity index (χ3v) is 3.04. The normalized spacial score (nSPS) is 11.1. The second-order valence-corrected chi connectivity index (χ2v) is 6.35. The van der Waals surface area contributed by atoms with Gasteiger partial charge in [-0.3, -0.25) is 9.89 Å². The maximum Gasteiger partial charge on any atom is 0.298 e. The van der Waals surface area contributed by atoms with Crippen LogP contribution in [0.4, 0.5) is 0 Å². The first-order chi connectivity index (χ1) is 10.9. The van der Waals surface area contributed by atoms with Gasteiger partial charge in [0.2, 0.25) is 0 Å². The SMILES string of the molecule is CC(C)(C)COc1ccc(-n2[nH]cc(-n3ccnn3)c2=O)nc1.Cl. The van der Waals surface area contributed by atoms with E-state index in [9.17, 15) is 4.79 Å². The summed E-state index contributed by atoms with van der Waals surface area (Å²) in [6, 6.07) is 3.51. The van der Waals surface area contributed by atoms with Gasteiger partial charge in [-0.2, -0.15) is 4.68 Å². The van der Waals surface area contributed by atoms with E-state index in [0.717, 1.165) is 0 Å². The van der Waals surface area contributed by atoms with Crippen LogP contribution in [0.3, 0.4) is 0 Å². The number of ether oxygens (including phenoxy) is 1. The zero-order valence-electron chi connectivity index (χ0n) is 13.6. The van der Waals surface area contributed by atoms with E-state index < -0.39 is 0 Å². The second kappa shape index (κ2) is 6.88. The van der Waals surface area contributed by atoms with Crippen molar-refractivity contribution in [2.24, 2.45) is 5.41 Å². The molecular weight excluding hydrogens is 332 g/mol. The van der Waals surface area contributed by atoms with Gasteiger partial charge >= 0.3 is 0 Å². The molecule has 128 valence electrons. The van der Waals surface area contributed by atoms with Gasteiger partial charge in [-0.1, -0.05) is 26.0 Å². The molecule has 3 aromatic heterocycles. The van der Waals surface area contributed by atoms with E-state index in [1.54, 1.807) is 30.7 Å². The maximum atomic E-state index is 12.4. The topological polar surface area (TPSA) is 90.6 Å². The van der Waals surface area contributed by atoms with Gasteiger partial charge in [0.15, 0.2) is 11.5 Å². The Hall–Kier alpha value is -2.61. The van der Waals surface area contributed by atoms with E-state index in [1.165, 1.54) is 15.6 Å². The molecule has 1 N–H and O–H groups in total. The zero-order valence-corrected chi connectivity index (χ0v) is 14.4. The van der Waals surface area contributed by atoms with Gasteiger partial charge < -0.3 is 4.74 Å². The molecule has 0 atom stereocenters. The third-order valence-electron chi connectivity index (χ3n) is 3.04. The molecule has 0 bridgehead atoms. The summed E-state index contributed by atoms with van der Waals surface area (Å²) >= 11 is 0. The standard InChI is InChI=1S/C15H18N6O2.ClH/c1-15(2,3)10-23-11-4-5-13(16-8-11)21-14(22)12(9-18-21)20-7-6-17-19-20;/h4-9,18H,10H2,1-3H3;1H. The molecule has 0 aliphatic carbocycles. The summed E-state index contributed by atoms with van der Waals surface area (Å²) in [7, 11) is 0. The van der Waals surface area contributed by atoms with Crippen LogP contribution in [0.25, 0.3) is 11.5 Å². The molecule has 0 aliphatic rings. The van der Waals surface area contributed by atoms with E-state index in [4.69, 9.17) is 4.74 Å². The number of nitrogens with one attached hydrogen (secondary N) is 1. The largest absolute Gasteiger partial charge is 0.491 e. The summed E-state index contributed by atoms with van der Waals surface area (Å²) in [5, 5.41) is 10.4. The molecule has 0 aromatic carbocycles. The zero-order chi connectivity index (χ0) is 16.4. The summed E-state index contributed by atoms with van der Waals surface area (Å²) < 4.78 is 8.41. The molecule has 0 spiro atoms. The van der Waals surface area contributed by atoms with E-state index in [1.807, 2.05) is 0 Å². The Morgan fingerprint density at radius 1 is 1.29 bits per heavy atom. The fourth-order valence-electron chi connectivity index (χ4n) is 1.92. The summed E-state index contributed by atoms with van der Waals surface area (Å²) in [5.74, 6) is 1.14. The highest BCUT2D eigenvalue weighted by Gasteiger charge is 2.13. The van der Waals surface area contributed by atoms with Crippen molar-refractivity contribution >= 4 is 12.4 Å². The van der Waals surface area contributed by atoms with Gasteiger partial charge in [0, 0.05) is 0 Å². The van der Waals surface area contributed by atoms with Crippen LogP contribution in [-0.2, 0) is 0 Å². The summed E-state index contributed by atoms with van der Waals surface area (Å²) in [4.78, 5) is 16.6. The molecule has 0 saturated carbocycles. The average molecular weight is 351 g/mol. The van der Waals surface area contributed by atoms with Crippen molar-refractivity contribution in [1.82, 2.24) is 29.8 Å². The number of hydrogen-bond donors (Lipinski definition) is 1. The molecule has 3 rings (SSSR count). The predicted octanol–water partition coefficient (Wildman–Crippen LogP) is 1.99. The van der Waals surface area contributed by atoms with Gasteiger partial charge in [0.25, 0.3) is 5.56 Å². The first-order valence-electron chi connectivity index (χ1n) is 7.20. The number of pyridine rings is 1. The smallest absolute Gasteiger partial charge is 0.298 e. The molecular formula is C15H19ClN6O2. The van der Waals surface area contributed by atoms with Crippen LogP contribution in [0, 0.1) is 5.41 Å². The Kier molecular flexibility index (Phi) is 5.08. The maximum absolute atomic E-state index is 12.4. The van der Waals surface area contributed by atoms with Crippen molar-refractivity contribution in [3.63, 3.8) is 0 Å². The molecule has 0 aliphatic heterocycles. The average Bonchev–Trinajstić information content (AvgIpc) is 3.14. The number of hydrogen-bond acceptors (Lipinski definition) is 5. The van der Waals surface area contributed by atoms with Crippen molar-refractivity contribution in [1.29, 1.82) is 0 Å². The number of H-pyrrole nitrogens is 1. The molecule has 3 heterocycles. The molecule has 24 heavy (non-hydrogen) atoms. The Morgan fingerprint density at radius 2 is 2.08 bits per heavy atom. The lowest BCUT2D eigenvalue weighted by molar-refractivity contribution is 0.197. The van der Waals surface area contributed by atoms with E-state index in [0.29, 0.717) is 23.9 Å². The molecule has 8 nitrogen and oxygen atoms in total. The fraction of sp³-hybridized carbons (Fsp3) is 0.333. The second-order valence-electron chi connectivity index (χ2n) is 6.35. The quantitative estimate of drug-likeness (QED) is 0.777. The van der Waals surface area contributed by atoms with Crippen LogP contribution < -0.4 is 10.3 Å². The molecule has 0 fully saturated rings. The summed E-state index contributed by atoms with van der Waals surface area (Å²) in [6.45, 7) is 6.88. The molecule has 3 aromatic rings. The van der Waals surface area contributed by atoms with Crippen LogP contribution in [-0.4, -0.2) is 36.4 Å². The number of rotatable bonds is 4. The Labute approximate surface area is 144 Å².